The molecule has 3 aromatic carbocycles. The van der Waals surface area contributed by atoms with Crippen LogP contribution < -0.4 is 4.90 Å². The molecule has 2 heterocycles. The zero-order chi connectivity index (χ0) is 27.9. The van der Waals surface area contributed by atoms with Gasteiger partial charge in [0, 0.05) is 43.9 Å². The molecule has 1 aliphatic heterocycles. The third-order valence-corrected chi connectivity index (χ3v) is 7.17. The molecule has 0 unspecified atom stereocenters. The Kier molecular flexibility index (Phi) is 8.44. The predicted octanol–water partition coefficient (Wildman–Crippen LogP) is 4.62. The van der Waals surface area contributed by atoms with E-state index in [1.54, 1.807) is 9.80 Å². The van der Waals surface area contributed by atoms with Crippen LogP contribution in [0.15, 0.2) is 91.0 Å². The van der Waals surface area contributed by atoms with Gasteiger partial charge in [-0.25, -0.2) is 4.39 Å². The molecule has 5 rings (SSSR count). The Balaban J connectivity index is 1.20. The summed E-state index contributed by atoms with van der Waals surface area (Å²) < 4.78 is 13.4. The number of halogens is 1. The monoisotopic (exact) mass is 537 g/mol. The molecule has 0 saturated carbocycles. The summed E-state index contributed by atoms with van der Waals surface area (Å²) in [6, 6.07) is 27.4. The van der Waals surface area contributed by atoms with Crippen molar-refractivity contribution in [2.75, 3.05) is 44.2 Å². The number of piperazine rings is 1. The molecule has 0 radical (unpaired) electrons. The molecule has 2 amide bonds. The van der Waals surface area contributed by atoms with Gasteiger partial charge in [-0.3, -0.25) is 9.59 Å². The van der Waals surface area contributed by atoms with E-state index in [0.29, 0.717) is 44.7 Å². The van der Waals surface area contributed by atoms with Gasteiger partial charge in [0.2, 0.25) is 5.91 Å². The van der Waals surface area contributed by atoms with Crippen LogP contribution in [0.3, 0.4) is 0 Å². The smallest absolute Gasteiger partial charge is 0.254 e. The molecule has 0 aliphatic carbocycles. The molecule has 1 aliphatic rings. The molecule has 1 saturated heterocycles. The summed E-state index contributed by atoms with van der Waals surface area (Å²) in [5, 5.41) is 8.83. The highest BCUT2D eigenvalue weighted by atomic mass is 19.1. The molecular formula is C32H32FN5O2. The number of carbonyl (C=O) groups excluding carboxylic acids is 2. The van der Waals surface area contributed by atoms with E-state index in [1.165, 1.54) is 29.8 Å². The van der Waals surface area contributed by atoms with Gasteiger partial charge in [-0.15, -0.1) is 10.2 Å². The van der Waals surface area contributed by atoms with E-state index >= 15 is 0 Å². The van der Waals surface area contributed by atoms with Crippen molar-refractivity contribution < 1.29 is 14.0 Å². The van der Waals surface area contributed by atoms with Crippen LogP contribution in [0.1, 0.15) is 21.5 Å². The maximum Gasteiger partial charge on any atom is 0.254 e. The van der Waals surface area contributed by atoms with Crippen LogP contribution in [0.2, 0.25) is 0 Å². The standard InChI is InChI=1S/C32H32FN5O2/c1-24-7-9-26(10-8-24)29-15-16-30(35-34-29)36-19-21-37(22-20-36)31(39)23-38(18-17-25-5-3-2-4-6-25)32(40)27-11-13-28(33)14-12-27/h2-16H,17-23H2,1H3. The van der Waals surface area contributed by atoms with Crippen molar-refractivity contribution in [2.24, 2.45) is 0 Å². The predicted molar refractivity (Wildman–Crippen MR) is 153 cm³/mol. The number of rotatable bonds is 8. The van der Waals surface area contributed by atoms with Gasteiger partial charge in [-0.05, 0) is 55.3 Å². The van der Waals surface area contributed by atoms with E-state index in [9.17, 15) is 14.0 Å². The highest BCUT2D eigenvalue weighted by molar-refractivity contribution is 5.96. The third-order valence-electron chi connectivity index (χ3n) is 7.17. The first-order valence-corrected chi connectivity index (χ1v) is 13.5. The molecule has 0 spiro atoms. The molecule has 4 aromatic rings. The number of hydrogen-bond donors (Lipinski definition) is 0. The fraction of sp³-hybridized carbons (Fsp3) is 0.250. The lowest BCUT2D eigenvalue weighted by Crippen LogP contribution is -2.52. The molecule has 0 bridgehead atoms. The number of aromatic nitrogens is 2. The van der Waals surface area contributed by atoms with Crippen LogP contribution in [0, 0.1) is 12.7 Å². The minimum absolute atomic E-state index is 0.0336. The van der Waals surface area contributed by atoms with Crippen LogP contribution in [0.25, 0.3) is 11.3 Å². The van der Waals surface area contributed by atoms with Gasteiger partial charge in [0.15, 0.2) is 5.82 Å². The second kappa shape index (κ2) is 12.5. The Bertz CT molecular complexity index is 1420. The number of carbonyl (C=O) groups is 2. The Morgan fingerprint density at radius 2 is 1.52 bits per heavy atom. The average molecular weight is 538 g/mol. The van der Waals surface area contributed by atoms with Crippen molar-refractivity contribution in [2.45, 2.75) is 13.3 Å². The van der Waals surface area contributed by atoms with Crippen LogP contribution >= 0.6 is 0 Å². The van der Waals surface area contributed by atoms with Crippen molar-refractivity contribution in [3.8, 4) is 11.3 Å². The first kappa shape index (κ1) is 27.0. The minimum Gasteiger partial charge on any atom is -0.352 e. The summed E-state index contributed by atoms with van der Waals surface area (Å²) in [6.07, 6.45) is 0.617. The zero-order valence-corrected chi connectivity index (χ0v) is 22.5. The van der Waals surface area contributed by atoms with Crippen LogP contribution in [-0.4, -0.2) is 71.1 Å². The van der Waals surface area contributed by atoms with E-state index in [2.05, 4.69) is 34.2 Å². The second-order valence-electron chi connectivity index (χ2n) is 9.98. The largest absolute Gasteiger partial charge is 0.352 e. The zero-order valence-electron chi connectivity index (χ0n) is 22.5. The van der Waals surface area contributed by atoms with Gasteiger partial charge in [-0.2, -0.15) is 0 Å². The van der Waals surface area contributed by atoms with Crippen molar-refractivity contribution in [1.82, 2.24) is 20.0 Å². The average Bonchev–Trinajstić information content (AvgIpc) is 3.00. The van der Waals surface area contributed by atoms with E-state index in [-0.39, 0.29) is 18.4 Å². The Morgan fingerprint density at radius 1 is 0.825 bits per heavy atom. The number of aryl methyl sites for hydroxylation is 1. The van der Waals surface area contributed by atoms with E-state index in [4.69, 9.17) is 0 Å². The summed E-state index contributed by atoms with van der Waals surface area (Å²) in [4.78, 5) is 32.1. The second-order valence-corrected chi connectivity index (χ2v) is 9.98. The molecule has 1 aromatic heterocycles. The topological polar surface area (TPSA) is 69.6 Å². The molecule has 0 N–H and O–H groups in total. The summed E-state index contributed by atoms with van der Waals surface area (Å²) in [7, 11) is 0. The number of hydrogen-bond acceptors (Lipinski definition) is 5. The number of anilines is 1. The molecule has 8 heteroatoms. The summed E-state index contributed by atoms with van der Waals surface area (Å²) >= 11 is 0. The molecule has 40 heavy (non-hydrogen) atoms. The number of amides is 2. The van der Waals surface area contributed by atoms with Crippen molar-refractivity contribution in [1.29, 1.82) is 0 Å². The lowest BCUT2D eigenvalue weighted by Gasteiger charge is -2.36. The number of benzene rings is 3. The third kappa shape index (κ3) is 6.69. The van der Waals surface area contributed by atoms with Gasteiger partial charge in [0.1, 0.15) is 12.4 Å². The normalized spacial score (nSPS) is 13.2. The molecular weight excluding hydrogens is 505 g/mol. The molecule has 204 valence electrons. The fourth-order valence-corrected chi connectivity index (χ4v) is 4.76. The van der Waals surface area contributed by atoms with Crippen LogP contribution in [0.4, 0.5) is 10.2 Å². The molecule has 7 nitrogen and oxygen atoms in total. The SMILES string of the molecule is Cc1ccc(-c2ccc(N3CCN(C(=O)CN(CCc4ccccc4)C(=O)c4ccc(F)cc4)CC3)nn2)cc1. The highest BCUT2D eigenvalue weighted by Crippen LogP contribution is 2.20. The quantitative estimate of drug-likeness (QED) is 0.328. The lowest BCUT2D eigenvalue weighted by atomic mass is 10.1. The maximum atomic E-state index is 13.4. The Labute approximate surface area is 233 Å². The first-order chi connectivity index (χ1) is 19.5. The Hall–Kier alpha value is -4.59. The first-order valence-electron chi connectivity index (χ1n) is 13.5. The van der Waals surface area contributed by atoms with Crippen molar-refractivity contribution >= 4 is 17.6 Å². The van der Waals surface area contributed by atoms with Crippen molar-refractivity contribution in [3.63, 3.8) is 0 Å². The van der Waals surface area contributed by atoms with E-state index in [0.717, 1.165) is 22.6 Å². The van der Waals surface area contributed by atoms with Gasteiger partial charge < -0.3 is 14.7 Å². The molecule has 1 fully saturated rings. The van der Waals surface area contributed by atoms with Gasteiger partial charge in [0.25, 0.3) is 5.91 Å². The maximum absolute atomic E-state index is 13.4. The van der Waals surface area contributed by atoms with E-state index < -0.39 is 5.82 Å². The Morgan fingerprint density at radius 3 is 2.17 bits per heavy atom. The van der Waals surface area contributed by atoms with Crippen LogP contribution in [0.5, 0.6) is 0 Å². The highest BCUT2D eigenvalue weighted by Gasteiger charge is 2.26. The van der Waals surface area contributed by atoms with Crippen LogP contribution in [-0.2, 0) is 11.2 Å². The van der Waals surface area contributed by atoms with Gasteiger partial charge >= 0.3 is 0 Å². The fourth-order valence-electron chi connectivity index (χ4n) is 4.76. The van der Waals surface area contributed by atoms with Crippen molar-refractivity contribution in [3.05, 3.63) is 114 Å². The summed E-state index contributed by atoms with van der Waals surface area (Å²) in [6.45, 7) is 4.70. The molecule has 0 atom stereocenters. The summed E-state index contributed by atoms with van der Waals surface area (Å²) in [5.41, 5.74) is 4.47. The summed E-state index contributed by atoms with van der Waals surface area (Å²) in [5.74, 6) is -0.0226. The van der Waals surface area contributed by atoms with E-state index in [1.807, 2.05) is 54.6 Å². The lowest BCUT2D eigenvalue weighted by molar-refractivity contribution is -0.132. The van der Waals surface area contributed by atoms with Gasteiger partial charge in [0.05, 0.1) is 5.69 Å². The number of nitrogens with zero attached hydrogens (tertiary/aromatic N) is 5. The minimum atomic E-state index is -0.407. The van der Waals surface area contributed by atoms with Gasteiger partial charge in [-0.1, -0.05) is 60.2 Å².